The molecule has 1 amide bonds. The molecule has 0 aliphatic heterocycles. The fraction of sp³-hybridized carbons (Fsp3) is 0.632. The Balaban J connectivity index is 2.06. The monoisotopic (exact) mass is 303 g/mol. The van der Waals surface area contributed by atoms with Gasteiger partial charge in [0.2, 0.25) is 5.91 Å². The number of rotatable bonds is 7. The summed E-state index contributed by atoms with van der Waals surface area (Å²) in [7, 11) is 1.69. The first-order valence-corrected chi connectivity index (χ1v) is 8.55. The van der Waals surface area contributed by atoms with E-state index in [0.717, 1.165) is 6.42 Å². The standard InChI is InChI=1S/C19H29NO2/c1-15-9-11-17(12-10-15)18(16-7-4-3-5-8-16)19(21)20-13-6-14-22-2/h9-12,16,18H,3-8,13-14H2,1-2H3,(H,20,21). The van der Waals surface area contributed by atoms with Crippen LogP contribution in [0.4, 0.5) is 0 Å². The Hall–Kier alpha value is -1.35. The van der Waals surface area contributed by atoms with E-state index >= 15 is 0 Å². The number of carbonyl (C=O) groups excluding carboxylic acids is 1. The highest BCUT2D eigenvalue weighted by atomic mass is 16.5. The summed E-state index contributed by atoms with van der Waals surface area (Å²) in [5, 5.41) is 3.11. The highest BCUT2D eigenvalue weighted by Gasteiger charge is 2.30. The van der Waals surface area contributed by atoms with Crippen LogP contribution in [0, 0.1) is 12.8 Å². The predicted octanol–water partition coefficient (Wildman–Crippen LogP) is 3.81. The number of ether oxygens (including phenoxy) is 1. The van der Waals surface area contributed by atoms with Crippen LogP contribution in [0.5, 0.6) is 0 Å². The van der Waals surface area contributed by atoms with Crippen LogP contribution in [-0.2, 0) is 9.53 Å². The molecule has 0 saturated heterocycles. The van der Waals surface area contributed by atoms with Gasteiger partial charge in [-0.15, -0.1) is 0 Å². The van der Waals surface area contributed by atoms with Crippen LogP contribution in [-0.4, -0.2) is 26.2 Å². The summed E-state index contributed by atoms with van der Waals surface area (Å²) in [5.74, 6) is 0.675. The third-order valence-electron chi connectivity index (χ3n) is 4.66. The van der Waals surface area contributed by atoms with Gasteiger partial charge < -0.3 is 10.1 Å². The van der Waals surface area contributed by atoms with Gasteiger partial charge in [0.25, 0.3) is 0 Å². The molecule has 1 aromatic rings. The molecular formula is C19H29NO2. The van der Waals surface area contributed by atoms with E-state index in [9.17, 15) is 4.79 Å². The van der Waals surface area contributed by atoms with Crippen molar-refractivity contribution in [3.63, 3.8) is 0 Å². The zero-order valence-corrected chi connectivity index (χ0v) is 13.9. The first-order chi connectivity index (χ1) is 10.7. The van der Waals surface area contributed by atoms with Gasteiger partial charge in [-0.2, -0.15) is 0 Å². The maximum Gasteiger partial charge on any atom is 0.227 e. The summed E-state index contributed by atoms with van der Waals surface area (Å²) in [6.45, 7) is 3.48. The highest BCUT2D eigenvalue weighted by molar-refractivity contribution is 5.84. The largest absolute Gasteiger partial charge is 0.385 e. The molecule has 0 aromatic heterocycles. The van der Waals surface area contributed by atoms with E-state index < -0.39 is 0 Å². The number of aryl methyl sites for hydroxylation is 1. The number of methoxy groups -OCH3 is 1. The van der Waals surface area contributed by atoms with Crippen LogP contribution >= 0.6 is 0 Å². The summed E-state index contributed by atoms with van der Waals surface area (Å²) in [4.78, 5) is 12.7. The second kappa shape index (κ2) is 8.94. The molecule has 3 nitrogen and oxygen atoms in total. The Kier molecular flexibility index (Phi) is 6.91. The van der Waals surface area contributed by atoms with Crippen LogP contribution < -0.4 is 5.32 Å². The van der Waals surface area contributed by atoms with Crippen LogP contribution in [0.3, 0.4) is 0 Å². The van der Waals surface area contributed by atoms with E-state index in [-0.39, 0.29) is 11.8 Å². The molecule has 0 spiro atoms. The van der Waals surface area contributed by atoms with E-state index in [1.165, 1.54) is 43.2 Å². The molecule has 1 fully saturated rings. The minimum absolute atomic E-state index is 0.00319. The lowest BCUT2D eigenvalue weighted by Gasteiger charge is -2.30. The van der Waals surface area contributed by atoms with Crippen molar-refractivity contribution in [2.75, 3.05) is 20.3 Å². The Morgan fingerprint density at radius 1 is 1.23 bits per heavy atom. The molecule has 1 atom stereocenters. The zero-order chi connectivity index (χ0) is 15.8. The van der Waals surface area contributed by atoms with Crippen molar-refractivity contribution in [2.24, 2.45) is 5.92 Å². The molecule has 0 heterocycles. The minimum atomic E-state index is 0.00319. The first-order valence-electron chi connectivity index (χ1n) is 8.55. The smallest absolute Gasteiger partial charge is 0.227 e. The quantitative estimate of drug-likeness (QED) is 0.778. The number of nitrogens with one attached hydrogen (secondary N) is 1. The topological polar surface area (TPSA) is 38.3 Å². The first kappa shape index (κ1) is 17.0. The van der Waals surface area contributed by atoms with E-state index in [0.29, 0.717) is 19.1 Å². The number of amides is 1. The van der Waals surface area contributed by atoms with Gasteiger partial charge in [0.1, 0.15) is 0 Å². The van der Waals surface area contributed by atoms with Gasteiger partial charge in [0, 0.05) is 20.3 Å². The van der Waals surface area contributed by atoms with Crippen LogP contribution in [0.25, 0.3) is 0 Å². The van der Waals surface area contributed by atoms with Gasteiger partial charge in [-0.05, 0) is 37.7 Å². The van der Waals surface area contributed by atoms with E-state index in [4.69, 9.17) is 4.74 Å². The van der Waals surface area contributed by atoms with Gasteiger partial charge in [0.05, 0.1) is 5.92 Å². The average Bonchev–Trinajstić information content (AvgIpc) is 2.55. The molecule has 1 aliphatic rings. The molecule has 1 aromatic carbocycles. The molecular weight excluding hydrogens is 274 g/mol. The maximum absolute atomic E-state index is 12.7. The Labute approximate surface area is 134 Å². The SMILES string of the molecule is COCCCNC(=O)C(c1ccc(C)cc1)C1CCCCC1. The van der Waals surface area contributed by atoms with Crippen molar-refractivity contribution < 1.29 is 9.53 Å². The Bertz CT molecular complexity index is 449. The minimum Gasteiger partial charge on any atom is -0.385 e. The van der Waals surface area contributed by atoms with Crippen molar-refractivity contribution >= 4 is 5.91 Å². The number of benzene rings is 1. The van der Waals surface area contributed by atoms with Crippen molar-refractivity contribution in [2.45, 2.75) is 51.4 Å². The molecule has 1 unspecified atom stereocenters. The molecule has 1 saturated carbocycles. The molecule has 22 heavy (non-hydrogen) atoms. The van der Waals surface area contributed by atoms with Crippen molar-refractivity contribution in [1.82, 2.24) is 5.32 Å². The maximum atomic E-state index is 12.7. The lowest BCUT2D eigenvalue weighted by molar-refractivity contribution is -0.124. The van der Waals surface area contributed by atoms with Crippen molar-refractivity contribution in [3.8, 4) is 0 Å². The Morgan fingerprint density at radius 3 is 2.55 bits per heavy atom. The molecule has 0 bridgehead atoms. The van der Waals surface area contributed by atoms with Crippen molar-refractivity contribution in [1.29, 1.82) is 0 Å². The molecule has 1 aliphatic carbocycles. The van der Waals surface area contributed by atoms with Crippen molar-refractivity contribution in [3.05, 3.63) is 35.4 Å². The van der Waals surface area contributed by atoms with Crippen LogP contribution in [0.1, 0.15) is 55.6 Å². The number of carbonyl (C=O) groups is 1. The average molecular weight is 303 g/mol. The lowest BCUT2D eigenvalue weighted by Crippen LogP contribution is -2.35. The number of hydrogen-bond donors (Lipinski definition) is 1. The summed E-state index contributed by atoms with van der Waals surface area (Å²) in [6.07, 6.45) is 7.03. The summed E-state index contributed by atoms with van der Waals surface area (Å²) in [5.41, 5.74) is 2.41. The van der Waals surface area contributed by atoms with Gasteiger partial charge >= 0.3 is 0 Å². The van der Waals surface area contributed by atoms with E-state index in [2.05, 4.69) is 36.5 Å². The fourth-order valence-corrected chi connectivity index (χ4v) is 3.42. The van der Waals surface area contributed by atoms with Gasteiger partial charge in [0.15, 0.2) is 0 Å². The third kappa shape index (κ3) is 4.84. The van der Waals surface area contributed by atoms with E-state index in [1.54, 1.807) is 7.11 Å². The molecule has 3 heteroatoms. The van der Waals surface area contributed by atoms with Gasteiger partial charge in [-0.3, -0.25) is 4.79 Å². The fourth-order valence-electron chi connectivity index (χ4n) is 3.42. The van der Waals surface area contributed by atoms with Gasteiger partial charge in [-0.1, -0.05) is 49.1 Å². The third-order valence-corrected chi connectivity index (χ3v) is 4.66. The predicted molar refractivity (Wildman–Crippen MR) is 90.0 cm³/mol. The second-order valence-electron chi connectivity index (χ2n) is 6.42. The normalized spacial score (nSPS) is 17.2. The van der Waals surface area contributed by atoms with E-state index in [1.807, 2.05) is 0 Å². The van der Waals surface area contributed by atoms with Crippen LogP contribution in [0.2, 0.25) is 0 Å². The molecule has 122 valence electrons. The van der Waals surface area contributed by atoms with Crippen LogP contribution in [0.15, 0.2) is 24.3 Å². The zero-order valence-electron chi connectivity index (χ0n) is 13.9. The second-order valence-corrected chi connectivity index (χ2v) is 6.42. The van der Waals surface area contributed by atoms with Gasteiger partial charge in [-0.25, -0.2) is 0 Å². The molecule has 1 N–H and O–H groups in total. The molecule has 0 radical (unpaired) electrons. The Morgan fingerprint density at radius 2 is 1.91 bits per heavy atom. The summed E-state index contributed by atoms with van der Waals surface area (Å²) in [6, 6.07) is 8.49. The lowest BCUT2D eigenvalue weighted by atomic mass is 9.76. The summed E-state index contributed by atoms with van der Waals surface area (Å²) >= 11 is 0. The molecule has 2 rings (SSSR count). The highest BCUT2D eigenvalue weighted by Crippen LogP contribution is 2.36. The summed E-state index contributed by atoms with van der Waals surface area (Å²) < 4.78 is 5.05. The number of hydrogen-bond acceptors (Lipinski definition) is 2.